The Balaban J connectivity index is 1.20. The maximum absolute atomic E-state index is 2.47. The van der Waals surface area contributed by atoms with Crippen molar-refractivity contribution in [3.8, 4) is 21.6 Å². The molecule has 2 heterocycles. The molecular formula is C45H28N2S. The first kappa shape index (κ1) is 26.2. The van der Waals surface area contributed by atoms with Crippen molar-refractivity contribution in [3.63, 3.8) is 0 Å². The van der Waals surface area contributed by atoms with E-state index in [1.165, 1.54) is 82.3 Å². The molecule has 0 atom stereocenters. The van der Waals surface area contributed by atoms with Crippen molar-refractivity contribution in [2.75, 3.05) is 9.80 Å². The van der Waals surface area contributed by atoms with Crippen LogP contribution in [-0.2, 0) is 5.41 Å². The Bertz CT molecular complexity index is 2500. The number of benzene rings is 7. The molecule has 3 heteroatoms. The van der Waals surface area contributed by atoms with Crippen molar-refractivity contribution in [2.24, 2.45) is 0 Å². The molecule has 0 N–H and O–H groups in total. The average Bonchev–Trinajstić information content (AvgIpc) is 3.77. The van der Waals surface area contributed by atoms with E-state index in [2.05, 4.69) is 180 Å². The predicted octanol–water partition coefficient (Wildman–Crippen LogP) is 12.5. The second kappa shape index (κ2) is 9.57. The van der Waals surface area contributed by atoms with Gasteiger partial charge in [0.2, 0.25) is 0 Å². The van der Waals surface area contributed by atoms with Crippen LogP contribution in [-0.4, -0.2) is 0 Å². The van der Waals surface area contributed by atoms with Crippen LogP contribution in [0, 0.1) is 0 Å². The topological polar surface area (TPSA) is 6.48 Å². The van der Waals surface area contributed by atoms with Crippen LogP contribution in [0.25, 0.3) is 31.7 Å². The maximum Gasteiger partial charge on any atom is 0.0740 e. The van der Waals surface area contributed by atoms with Crippen LogP contribution in [0.4, 0.5) is 34.1 Å². The highest BCUT2D eigenvalue weighted by Crippen LogP contribution is 2.66. The normalized spacial score (nSPS) is 14.3. The number of rotatable bonds is 2. The first-order valence-electron chi connectivity index (χ1n) is 16.5. The van der Waals surface area contributed by atoms with Gasteiger partial charge in [-0.25, -0.2) is 0 Å². The largest absolute Gasteiger partial charge is 0.306 e. The second-order valence-corrected chi connectivity index (χ2v) is 13.9. The summed E-state index contributed by atoms with van der Waals surface area (Å²) in [7, 11) is 0. The van der Waals surface area contributed by atoms with Crippen molar-refractivity contribution < 1.29 is 0 Å². The lowest BCUT2D eigenvalue weighted by Crippen LogP contribution is -2.26. The Morgan fingerprint density at radius 1 is 0.396 bits per heavy atom. The van der Waals surface area contributed by atoms with E-state index in [-0.39, 0.29) is 5.41 Å². The molecule has 1 aliphatic heterocycles. The molecule has 0 fully saturated rings. The highest BCUT2D eigenvalue weighted by molar-refractivity contribution is 7.22. The lowest BCUT2D eigenvalue weighted by atomic mass is 9.70. The molecule has 2 nitrogen and oxygen atoms in total. The van der Waals surface area contributed by atoms with Crippen LogP contribution >= 0.6 is 11.3 Å². The zero-order valence-electron chi connectivity index (χ0n) is 26.0. The summed E-state index contributed by atoms with van der Waals surface area (Å²) >= 11 is 1.94. The van der Waals surface area contributed by atoms with E-state index in [0.29, 0.717) is 0 Å². The Hall–Kier alpha value is -5.90. The molecule has 0 bridgehead atoms. The van der Waals surface area contributed by atoms with Gasteiger partial charge in [-0.15, -0.1) is 11.3 Å². The molecule has 0 unspecified atom stereocenters. The van der Waals surface area contributed by atoms with Crippen molar-refractivity contribution in [2.45, 2.75) is 5.41 Å². The quantitative estimate of drug-likeness (QED) is 0.188. The maximum atomic E-state index is 2.47. The van der Waals surface area contributed by atoms with Crippen LogP contribution in [0.15, 0.2) is 170 Å². The molecular weight excluding hydrogens is 601 g/mol. The molecule has 7 aromatic carbocycles. The molecule has 8 aromatic rings. The fraction of sp³-hybridized carbons (Fsp3) is 0.0222. The van der Waals surface area contributed by atoms with Gasteiger partial charge in [-0.3, -0.25) is 0 Å². The van der Waals surface area contributed by atoms with Gasteiger partial charge in [0.05, 0.1) is 28.2 Å². The van der Waals surface area contributed by atoms with Crippen molar-refractivity contribution >= 4 is 55.5 Å². The molecule has 0 saturated carbocycles. The number of fused-ring (bicyclic) bond motifs is 14. The van der Waals surface area contributed by atoms with Gasteiger partial charge in [-0.2, -0.15) is 0 Å². The minimum absolute atomic E-state index is 0.363. The smallest absolute Gasteiger partial charge is 0.0740 e. The molecule has 0 amide bonds. The number of hydrogen-bond donors (Lipinski definition) is 0. The van der Waals surface area contributed by atoms with E-state index in [1.54, 1.807) is 0 Å². The van der Waals surface area contributed by atoms with Gasteiger partial charge in [-0.05, 0) is 98.9 Å². The van der Waals surface area contributed by atoms with Crippen molar-refractivity contribution in [1.82, 2.24) is 0 Å². The fourth-order valence-electron chi connectivity index (χ4n) is 8.80. The molecule has 48 heavy (non-hydrogen) atoms. The first-order valence-corrected chi connectivity index (χ1v) is 17.4. The predicted molar refractivity (Wildman–Crippen MR) is 201 cm³/mol. The summed E-state index contributed by atoms with van der Waals surface area (Å²) in [5.41, 5.74) is 16.2. The van der Waals surface area contributed by atoms with E-state index < -0.39 is 0 Å². The van der Waals surface area contributed by atoms with Crippen LogP contribution < -0.4 is 9.80 Å². The van der Waals surface area contributed by atoms with Crippen molar-refractivity contribution in [1.29, 1.82) is 0 Å². The van der Waals surface area contributed by atoms with Crippen LogP contribution in [0.3, 0.4) is 0 Å². The second-order valence-electron chi connectivity index (χ2n) is 12.9. The Morgan fingerprint density at radius 2 is 0.896 bits per heavy atom. The summed E-state index contributed by atoms with van der Waals surface area (Å²) in [6.45, 7) is 0. The van der Waals surface area contributed by atoms with Gasteiger partial charge in [0.25, 0.3) is 0 Å². The Morgan fingerprint density at radius 3 is 1.54 bits per heavy atom. The molecule has 0 radical (unpaired) electrons. The Kier molecular flexibility index (Phi) is 5.22. The average molecular weight is 629 g/mol. The molecule has 1 aromatic heterocycles. The minimum Gasteiger partial charge on any atom is -0.306 e. The monoisotopic (exact) mass is 628 g/mol. The van der Waals surface area contributed by atoms with Crippen molar-refractivity contribution in [3.05, 3.63) is 192 Å². The summed E-state index contributed by atoms with van der Waals surface area (Å²) in [5, 5.41) is 1.36. The summed E-state index contributed by atoms with van der Waals surface area (Å²) in [4.78, 5) is 6.22. The van der Waals surface area contributed by atoms with Gasteiger partial charge in [0, 0.05) is 21.0 Å². The number of anilines is 6. The highest BCUT2D eigenvalue weighted by atomic mass is 32.1. The third kappa shape index (κ3) is 3.21. The van der Waals surface area contributed by atoms with Gasteiger partial charge in [0.1, 0.15) is 0 Å². The molecule has 3 aliphatic rings. The molecule has 2 aliphatic carbocycles. The van der Waals surface area contributed by atoms with Crippen LogP contribution in [0.1, 0.15) is 22.3 Å². The van der Waals surface area contributed by atoms with Gasteiger partial charge < -0.3 is 9.80 Å². The highest BCUT2D eigenvalue weighted by Gasteiger charge is 2.53. The van der Waals surface area contributed by atoms with E-state index in [9.17, 15) is 0 Å². The molecule has 1 spiro atoms. The van der Waals surface area contributed by atoms with E-state index in [0.717, 1.165) is 5.69 Å². The molecule has 224 valence electrons. The minimum atomic E-state index is -0.363. The van der Waals surface area contributed by atoms with E-state index >= 15 is 0 Å². The third-order valence-corrected chi connectivity index (χ3v) is 11.8. The summed E-state index contributed by atoms with van der Waals surface area (Å²) in [6, 6.07) is 62.7. The summed E-state index contributed by atoms with van der Waals surface area (Å²) in [6.07, 6.45) is 0. The SMILES string of the molecule is c1ccc(N2c3ccccc3N(c3ccc4c(c3)-c3sc5ccccc5c3C43c4ccccc4-c4ccccc43)c3ccccc32)cc1. The van der Waals surface area contributed by atoms with Gasteiger partial charge in [0.15, 0.2) is 0 Å². The van der Waals surface area contributed by atoms with Gasteiger partial charge >= 0.3 is 0 Å². The number of thiophene rings is 1. The number of hydrogen-bond acceptors (Lipinski definition) is 3. The zero-order chi connectivity index (χ0) is 31.4. The summed E-state index contributed by atoms with van der Waals surface area (Å²) < 4.78 is 1.34. The molecule has 0 saturated heterocycles. The lowest BCUT2D eigenvalue weighted by molar-refractivity contribution is 0.802. The summed E-state index contributed by atoms with van der Waals surface area (Å²) in [5.74, 6) is 0. The lowest BCUT2D eigenvalue weighted by Gasteiger charge is -2.40. The Labute approximate surface area is 283 Å². The van der Waals surface area contributed by atoms with Crippen LogP contribution in [0.2, 0.25) is 0 Å². The van der Waals surface area contributed by atoms with Gasteiger partial charge in [-0.1, -0.05) is 115 Å². The van der Waals surface area contributed by atoms with E-state index in [1.807, 2.05) is 11.3 Å². The zero-order valence-corrected chi connectivity index (χ0v) is 26.8. The third-order valence-electron chi connectivity index (χ3n) is 10.6. The number of para-hydroxylation sites is 5. The fourth-order valence-corrected chi connectivity index (χ4v) is 10.1. The first-order chi connectivity index (χ1) is 23.8. The number of nitrogens with zero attached hydrogens (tertiary/aromatic N) is 2. The molecule has 11 rings (SSSR count). The standard InChI is InChI=1S/C45H28N2S/c1-2-14-29(15-3-1)46-38-21-9-11-23-40(38)47(41-24-12-10-22-39(41)46)30-26-27-37-34(28-30)44-43(33-18-6-13-25-42(33)48-44)45(37)35-19-7-4-16-31(35)32-17-5-8-20-36(32)45/h1-28H. The van der Waals surface area contributed by atoms with E-state index in [4.69, 9.17) is 0 Å². The van der Waals surface area contributed by atoms with Crippen LogP contribution in [0.5, 0.6) is 0 Å².